The van der Waals surface area contributed by atoms with Gasteiger partial charge < -0.3 is 14.2 Å². The molecule has 1 saturated heterocycles. The van der Waals surface area contributed by atoms with E-state index in [0.29, 0.717) is 13.2 Å². The first-order chi connectivity index (χ1) is 7.38. The molecule has 0 unspecified atom stereocenters. The molecule has 1 aliphatic heterocycles. The van der Waals surface area contributed by atoms with Gasteiger partial charge in [-0.05, 0) is 23.8 Å². The number of ether oxygens (including phenoxy) is 3. The second-order valence-corrected chi connectivity index (χ2v) is 3.24. The predicted octanol–water partition coefficient (Wildman–Crippen LogP) is 2.08. The highest BCUT2D eigenvalue weighted by atomic mass is 16.7. The molecule has 15 heavy (non-hydrogen) atoms. The van der Waals surface area contributed by atoms with Gasteiger partial charge in [0.25, 0.3) is 0 Å². The first-order valence-corrected chi connectivity index (χ1v) is 4.94. The molecule has 0 aromatic heterocycles. The van der Waals surface area contributed by atoms with Crippen LogP contribution >= 0.6 is 0 Å². The summed E-state index contributed by atoms with van der Waals surface area (Å²) in [5.41, 5.74) is 1.11. The van der Waals surface area contributed by atoms with Crippen LogP contribution in [0.1, 0.15) is 5.56 Å². The number of hydrogen-bond donors (Lipinski definition) is 0. The van der Waals surface area contributed by atoms with Crippen molar-refractivity contribution in [1.29, 1.82) is 0 Å². The lowest BCUT2D eigenvalue weighted by molar-refractivity contribution is -0.000907. The van der Waals surface area contributed by atoms with Crippen molar-refractivity contribution < 1.29 is 14.2 Å². The average molecular weight is 206 g/mol. The van der Waals surface area contributed by atoms with Gasteiger partial charge in [0, 0.05) is 0 Å². The van der Waals surface area contributed by atoms with E-state index in [0.717, 1.165) is 11.3 Å². The first kappa shape index (κ1) is 10.2. The summed E-state index contributed by atoms with van der Waals surface area (Å²) in [6, 6.07) is 7.83. The fourth-order valence-corrected chi connectivity index (χ4v) is 1.39. The van der Waals surface area contributed by atoms with Crippen LogP contribution in [-0.4, -0.2) is 26.6 Å². The molecule has 2 rings (SSSR count). The van der Waals surface area contributed by atoms with Gasteiger partial charge in [-0.3, -0.25) is 0 Å². The third-order valence-electron chi connectivity index (χ3n) is 2.21. The normalized spacial score (nSPS) is 17.4. The fraction of sp³-hybridized carbons (Fsp3) is 0.333. The number of hydrogen-bond acceptors (Lipinski definition) is 3. The summed E-state index contributed by atoms with van der Waals surface area (Å²) < 4.78 is 15.6. The van der Waals surface area contributed by atoms with E-state index < -0.39 is 0 Å². The van der Waals surface area contributed by atoms with Crippen molar-refractivity contribution in [3.8, 4) is 5.75 Å². The Morgan fingerprint density at radius 3 is 2.47 bits per heavy atom. The fourth-order valence-electron chi connectivity index (χ4n) is 1.39. The molecular formula is C12H14O3. The van der Waals surface area contributed by atoms with E-state index >= 15 is 0 Å². The Bertz CT molecular complexity index is 323. The van der Waals surface area contributed by atoms with Crippen molar-refractivity contribution in [3.63, 3.8) is 0 Å². The summed E-state index contributed by atoms with van der Waals surface area (Å²) >= 11 is 0. The van der Waals surface area contributed by atoms with Crippen molar-refractivity contribution >= 4 is 6.08 Å². The molecule has 0 spiro atoms. The lowest BCUT2D eigenvalue weighted by atomic mass is 10.2. The number of rotatable bonds is 3. The Kier molecular flexibility index (Phi) is 3.37. The molecule has 0 radical (unpaired) electrons. The van der Waals surface area contributed by atoms with Gasteiger partial charge in [-0.15, -0.1) is 0 Å². The molecule has 1 heterocycles. The van der Waals surface area contributed by atoms with E-state index in [1.165, 1.54) is 0 Å². The quantitative estimate of drug-likeness (QED) is 0.757. The van der Waals surface area contributed by atoms with E-state index in [1.54, 1.807) is 7.11 Å². The van der Waals surface area contributed by atoms with Gasteiger partial charge in [0.15, 0.2) is 6.29 Å². The lowest BCUT2D eigenvalue weighted by Crippen LogP contribution is -2.01. The monoisotopic (exact) mass is 206 g/mol. The zero-order valence-electron chi connectivity index (χ0n) is 8.68. The molecule has 0 atom stereocenters. The van der Waals surface area contributed by atoms with Gasteiger partial charge in [0.05, 0.1) is 20.3 Å². The maximum absolute atomic E-state index is 5.29. The van der Waals surface area contributed by atoms with Crippen molar-refractivity contribution in [2.24, 2.45) is 0 Å². The van der Waals surface area contributed by atoms with E-state index in [-0.39, 0.29) is 6.29 Å². The molecule has 80 valence electrons. The van der Waals surface area contributed by atoms with E-state index in [2.05, 4.69) is 0 Å². The minimum atomic E-state index is -0.188. The van der Waals surface area contributed by atoms with E-state index in [4.69, 9.17) is 14.2 Å². The Balaban J connectivity index is 1.97. The Hall–Kier alpha value is -1.32. The molecule has 3 heteroatoms. The average Bonchev–Trinajstić information content (AvgIpc) is 2.80. The molecule has 0 aliphatic carbocycles. The van der Waals surface area contributed by atoms with Crippen molar-refractivity contribution in [2.75, 3.05) is 20.3 Å². The largest absolute Gasteiger partial charge is 0.497 e. The summed E-state index contributed by atoms with van der Waals surface area (Å²) in [5.74, 6) is 0.862. The van der Waals surface area contributed by atoms with Crippen LogP contribution in [0.2, 0.25) is 0 Å². The maximum Gasteiger partial charge on any atom is 0.177 e. The van der Waals surface area contributed by atoms with Crippen LogP contribution < -0.4 is 4.74 Å². The highest BCUT2D eigenvalue weighted by Crippen LogP contribution is 2.13. The Morgan fingerprint density at radius 2 is 1.87 bits per heavy atom. The summed E-state index contributed by atoms with van der Waals surface area (Å²) in [6.07, 6.45) is 3.71. The van der Waals surface area contributed by atoms with Crippen LogP contribution in [0.4, 0.5) is 0 Å². The lowest BCUT2D eigenvalue weighted by Gasteiger charge is -2.02. The zero-order chi connectivity index (χ0) is 10.5. The number of methoxy groups -OCH3 is 1. The summed E-state index contributed by atoms with van der Waals surface area (Å²) in [7, 11) is 1.66. The van der Waals surface area contributed by atoms with Gasteiger partial charge in [0.1, 0.15) is 5.75 Å². The standard InChI is InChI=1S/C12H14O3/c1-13-11-5-2-10(3-6-11)4-7-12-14-8-9-15-12/h2-7,12H,8-9H2,1H3/b7-4+. The van der Waals surface area contributed by atoms with Crippen molar-refractivity contribution in [2.45, 2.75) is 6.29 Å². The minimum Gasteiger partial charge on any atom is -0.497 e. The van der Waals surface area contributed by atoms with E-state index in [9.17, 15) is 0 Å². The Morgan fingerprint density at radius 1 is 1.20 bits per heavy atom. The highest BCUT2D eigenvalue weighted by Gasteiger charge is 2.11. The number of benzene rings is 1. The highest BCUT2D eigenvalue weighted by molar-refractivity contribution is 5.50. The van der Waals surface area contributed by atoms with Crippen LogP contribution in [-0.2, 0) is 9.47 Å². The first-order valence-electron chi connectivity index (χ1n) is 4.94. The van der Waals surface area contributed by atoms with Crippen LogP contribution in [0.3, 0.4) is 0 Å². The smallest absolute Gasteiger partial charge is 0.177 e. The molecule has 1 aromatic rings. The third kappa shape index (κ3) is 2.81. The molecule has 0 saturated carbocycles. The van der Waals surface area contributed by atoms with Crippen LogP contribution in [0.25, 0.3) is 6.08 Å². The molecule has 0 bridgehead atoms. The Labute approximate surface area is 89.3 Å². The maximum atomic E-state index is 5.29. The molecule has 0 amide bonds. The SMILES string of the molecule is COc1ccc(/C=C/C2OCCO2)cc1. The second-order valence-electron chi connectivity index (χ2n) is 3.24. The van der Waals surface area contributed by atoms with Gasteiger partial charge in [-0.2, -0.15) is 0 Å². The summed E-state index contributed by atoms with van der Waals surface area (Å²) in [5, 5.41) is 0. The topological polar surface area (TPSA) is 27.7 Å². The van der Waals surface area contributed by atoms with E-state index in [1.807, 2.05) is 36.4 Å². The van der Waals surface area contributed by atoms with Gasteiger partial charge in [-0.25, -0.2) is 0 Å². The minimum absolute atomic E-state index is 0.188. The molecule has 3 nitrogen and oxygen atoms in total. The molecule has 1 fully saturated rings. The zero-order valence-corrected chi connectivity index (χ0v) is 8.68. The summed E-state index contributed by atoms with van der Waals surface area (Å²) in [6.45, 7) is 1.36. The predicted molar refractivity (Wildman–Crippen MR) is 57.7 cm³/mol. The van der Waals surface area contributed by atoms with Crippen molar-refractivity contribution in [3.05, 3.63) is 35.9 Å². The second kappa shape index (κ2) is 4.96. The van der Waals surface area contributed by atoms with Crippen LogP contribution in [0, 0.1) is 0 Å². The molecular weight excluding hydrogens is 192 g/mol. The molecule has 1 aliphatic rings. The van der Waals surface area contributed by atoms with Gasteiger partial charge in [0.2, 0.25) is 0 Å². The van der Waals surface area contributed by atoms with Crippen LogP contribution in [0.15, 0.2) is 30.3 Å². The van der Waals surface area contributed by atoms with Gasteiger partial charge >= 0.3 is 0 Å². The van der Waals surface area contributed by atoms with Crippen LogP contribution in [0.5, 0.6) is 5.75 Å². The third-order valence-corrected chi connectivity index (χ3v) is 2.21. The van der Waals surface area contributed by atoms with Crippen molar-refractivity contribution in [1.82, 2.24) is 0 Å². The van der Waals surface area contributed by atoms with Gasteiger partial charge in [-0.1, -0.05) is 18.2 Å². The summed E-state index contributed by atoms with van der Waals surface area (Å²) in [4.78, 5) is 0. The molecule has 0 N–H and O–H groups in total. The molecule has 1 aromatic carbocycles.